The molecule has 0 spiro atoms. The van der Waals surface area contributed by atoms with Gasteiger partial charge in [0, 0.05) is 6.42 Å². The van der Waals surface area contributed by atoms with Crippen molar-refractivity contribution < 1.29 is 9.90 Å². The van der Waals surface area contributed by atoms with Crippen molar-refractivity contribution in [2.75, 3.05) is 0 Å². The van der Waals surface area contributed by atoms with E-state index < -0.39 is 5.97 Å². The van der Waals surface area contributed by atoms with E-state index in [-0.39, 0.29) is 12.3 Å². The number of hydrogen-bond acceptors (Lipinski definition) is 1. The minimum absolute atomic E-state index is 0.259. The highest BCUT2D eigenvalue weighted by atomic mass is 16.4. The molecule has 2 unspecified atom stereocenters. The molecule has 2 atom stereocenters. The van der Waals surface area contributed by atoms with E-state index in [0.29, 0.717) is 5.92 Å². The molecule has 1 aliphatic carbocycles. The van der Waals surface area contributed by atoms with Crippen molar-refractivity contribution in [3.05, 3.63) is 23.8 Å². The average Bonchev–Trinajstić information content (AvgIpc) is 2.18. The predicted molar refractivity (Wildman–Crippen MR) is 61.7 cm³/mol. The van der Waals surface area contributed by atoms with Gasteiger partial charge in [-0.2, -0.15) is 0 Å². The van der Waals surface area contributed by atoms with Crippen LogP contribution in [0.1, 0.15) is 39.5 Å². The second-order valence-electron chi connectivity index (χ2n) is 4.53. The van der Waals surface area contributed by atoms with Gasteiger partial charge in [-0.25, -0.2) is 0 Å². The first-order chi connectivity index (χ1) is 7.09. The Labute approximate surface area is 91.7 Å². The van der Waals surface area contributed by atoms with Gasteiger partial charge in [0.2, 0.25) is 0 Å². The molecule has 0 saturated carbocycles. The largest absolute Gasteiger partial charge is 0.481 e. The van der Waals surface area contributed by atoms with E-state index in [0.717, 1.165) is 19.3 Å². The second kappa shape index (κ2) is 5.74. The van der Waals surface area contributed by atoms with Crippen LogP contribution in [0.15, 0.2) is 23.8 Å². The van der Waals surface area contributed by atoms with Crippen molar-refractivity contribution in [1.82, 2.24) is 0 Å². The van der Waals surface area contributed by atoms with Gasteiger partial charge in [0.15, 0.2) is 0 Å². The molecule has 2 heteroatoms. The van der Waals surface area contributed by atoms with Gasteiger partial charge in [0.05, 0.1) is 0 Å². The van der Waals surface area contributed by atoms with Crippen LogP contribution in [0, 0.1) is 11.8 Å². The van der Waals surface area contributed by atoms with E-state index in [4.69, 9.17) is 5.11 Å². The maximum atomic E-state index is 10.6. The first-order valence-electron chi connectivity index (χ1n) is 5.64. The number of aliphatic carboxylic acids is 1. The van der Waals surface area contributed by atoms with Crippen molar-refractivity contribution in [2.24, 2.45) is 11.8 Å². The highest BCUT2D eigenvalue weighted by Crippen LogP contribution is 2.26. The van der Waals surface area contributed by atoms with Crippen LogP contribution in [-0.4, -0.2) is 11.1 Å². The van der Waals surface area contributed by atoms with Gasteiger partial charge in [-0.1, -0.05) is 37.6 Å². The van der Waals surface area contributed by atoms with Crippen LogP contribution in [0.25, 0.3) is 0 Å². The molecular formula is C13H20O2. The van der Waals surface area contributed by atoms with Crippen LogP contribution in [-0.2, 0) is 4.79 Å². The maximum Gasteiger partial charge on any atom is 0.303 e. The molecule has 1 rings (SSSR count). The molecule has 0 aromatic rings. The Morgan fingerprint density at radius 3 is 2.67 bits per heavy atom. The Balaban J connectivity index is 2.37. The first-order valence-corrected chi connectivity index (χ1v) is 5.64. The summed E-state index contributed by atoms with van der Waals surface area (Å²) in [5.74, 6) is 0.0278. The number of carboxylic acid groups (broad SMARTS) is 1. The van der Waals surface area contributed by atoms with Crippen molar-refractivity contribution in [1.29, 1.82) is 0 Å². The van der Waals surface area contributed by atoms with Gasteiger partial charge in [-0.3, -0.25) is 4.79 Å². The van der Waals surface area contributed by atoms with Gasteiger partial charge >= 0.3 is 5.97 Å². The lowest BCUT2D eigenvalue weighted by Gasteiger charge is -2.20. The molecule has 0 aliphatic heterocycles. The number of hydrogen-bond donors (Lipinski definition) is 1. The summed E-state index contributed by atoms with van der Waals surface area (Å²) in [5.41, 5.74) is 1.46. The minimum atomic E-state index is -0.688. The number of allylic oxidation sites excluding steroid dienone is 4. The minimum Gasteiger partial charge on any atom is -0.481 e. The summed E-state index contributed by atoms with van der Waals surface area (Å²) in [4.78, 5) is 10.6. The van der Waals surface area contributed by atoms with Crippen LogP contribution < -0.4 is 0 Å². The van der Waals surface area contributed by atoms with E-state index in [1.165, 1.54) is 5.57 Å². The SMILES string of the molecule is CC(CC(=O)O)C(C)CC1=CCC=CC1. The topological polar surface area (TPSA) is 37.3 Å². The maximum absolute atomic E-state index is 10.6. The molecule has 0 fully saturated rings. The molecule has 15 heavy (non-hydrogen) atoms. The Bertz CT molecular complexity index is 276. The van der Waals surface area contributed by atoms with Gasteiger partial charge in [-0.15, -0.1) is 0 Å². The zero-order chi connectivity index (χ0) is 11.3. The smallest absolute Gasteiger partial charge is 0.303 e. The summed E-state index contributed by atoms with van der Waals surface area (Å²) in [6, 6.07) is 0. The van der Waals surface area contributed by atoms with Crippen LogP contribution in [0.4, 0.5) is 0 Å². The lowest BCUT2D eigenvalue weighted by Crippen LogP contribution is -2.13. The lowest BCUT2D eigenvalue weighted by atomic mass is 9.85. The fourth-order valence-electron chi connectivity index (χ4n) is 1.91. The molecule has 0 amide bonds. The Morgan fingerprint density at radius 2 is 2.13 bits per heavy atom. The normalized spacial score (nSPS) is 19.5. The molecule has 0 heterocycles. The van der Waals surface area contributed by atoms with Gasteiger partial charge in [0.1, 0.15) is 0 Å². The summed E-state index contributed by atoms with van der Waals surface area (Å²) >= 11 is 0. The highest BCUT2D eigenvalue weighted by Gasteiger charge is 2.16. The van der Waals surface area contributed by atoms with E-state index in [1.54, 1.807) is 0 Å². The number of carbonyl (C=O) groups is 1. The second-order valence-corrected chi connectivity index (χ2v) is 4.53. The predicted octanol–water partition coefficient (Wildman–Crippen LogP) is 3.40. The van der Waals surface area contributed by atoms with Crippen LogP contribution in [0.3, 0.4) is 0 Å². The summed E-state index contributed by atoms with van der Waals surface area (Å²) < 4.78 is 0. The standard InChI is InChI=1S/C13H20O2/c1-10(11(2)9-13(14)15)8-12-6-4-3-5-7-12/h3-4,7,10-11H,5-6,8-9H2,1-2H3,(H,14,15). The molecule has 0 aromatic heterocycles. The molecule has 1 aliphatic rings. The van der Waals surface area contributed by atoms with Gasteiger partial charge in [0.25, 0.3) is 0 Å². The molecule has 0 bridgehead atoms. The number of rotatable bonds is 5. The monoisotopic (exact) mass is 208 g/mol. The number of carboxylic acids is 1. The third-order valence-corrected chi connectivity index (χ3v) is 3.14. The summed E-state index contributed by atoms with van der Waals surface area (Å²) in [6.07, 6.45) is 10.0. The van der Waals surface area contributed by atoms with E-state index in [2.05, 4.69) is 25.2 Å². The quantitative estimate of drug-likeness (QED) is 0.703. The summed E-state index contributed by atoms with van der Waals surface area (Å²) in [7, 11) is 0. The van der Waals surface area contributed by atoms with E-state index in [1.807, 2.05) is 6.92 Å². The molecule has 0 radical (unpaired) electrons. The van der Waals surface area contributed by atoms with Crippen molar-refractivity contribution >= 4 is 5.97 Å². The van der Waals surface area contributed by atoms with Crippen LogP contribution >= 0.6 is 0 Å². The average molecular weight is 208 g/mol. The van der Waals surface area contributed by atoms with Crippen molar-refractivity contribution in [3.63, 3.8) is 0 Å². The van der Waals surface area contributed by atoms with Crippen molar-refractivity contribution in [3.8, 4) is 0 Å². The Hall–Kier alpha value is -1.05. The van der Waals surface area contributed by atoms with E-state index >= 15 is 0 Å². The fourth-order valence-corrected chi connectivity index (χ4v) is 1.91. The Morgan fingerprint density at radius 1 is 1.40 bits per heavy atom. The Kier molecular flexibility index (Phi) is 4.60. The van der Waals surface area contributed by atoms with Crippen LogP contribution in [0.5, 0.6) is 0 Å². The molecule has 2 nitrogen and oxygen atoms in total. The third-order valence-electron chi connectivity index (χ3n) is 3.14. The van der Waals surface area contributed by atoms with Gasteiger partial charge < -0.3 is 5.11 Å². The highest BCUT2D eigenvalue weighted by molar-refractivity contribution is 5.66. The molecular weight excluding hydrogens is 188 g/mol. The van der Waals surface area contributed by atoms with Crippen molar-refractivity contribution in [2.45, 2.75) is 39.5 Å². The zero-order valence-electron chi connectivity index (χ0n) is 9.57. The first kappa shape index (κ1) is 12.0. The lowest BCUT2D eigenvalue weighted by molar-refractivity contribution is -0.138. The summed E-state index contributed by atoms with van der Waals surface area (Å²) in [5, 5.41) is 8.71. The molecule has 0 aromatic carbocycles. The van der Waals surface area contributed by atoms with Gasteiger partial charge in [-0.05, 0) is 31.1 Å². The molecule has 84 valence electrons. The molecule has 1 N–H and O–H groups in total. The van der Waals surface area contributed by atoms with E-state index in [9.17, 15) is 4.79 Å². The zero-order valence-corrected chi connectivity index (χ0v) is 9.57. The fraction of sp³-hybridized carbons (Fsp3) is 0.615. The third kappa shape index (κ3) is 4.32. The summed E-state index contributed by atoms with van der Waals surface area (Å²) in [6.45, 7) is 4.17. The van der Waals surface area contributed by atoms with Crippen LogP contribution in [0.2, 0.25) is 0 Å². The molecule has 0 saturated heterocycles.